The van der Waals surface area contributed by atoms with Crippen molar-refractivity contribution in [2.75, 3.05) is 24.5 Å². The Morgan fingerprint density at radius 2 is 2.19 bits per heavy atom. The van der Waals surface area contributed by atoms with Gasteiger partial charge in [-0.2, -0.15) is 0 Å². The lowest BCUT2D eigenvalue weighted by atomic mass is 10.2. The third kappa shape index (κ3) is 2.96. The molecule has 0 unspecified atom stereocenters. The Bertz CT molecular complexity index is 785. The maximum Gasteiger partial charge on any atom is 0.330 e. The first-order valence-corrected chi connectivity index (χ1v) is 9.27. The average molecular weight is 378 g/mol. The van der Waals surface area contributed by atoms with Crippen LogP contribution in [0, 0.1) is 0 Å². The van der Waals surface area contributed by atoms with Gasteiger partial charge < -0.3 is 24.4 Å². The first kappa shape index (κ1) is 17.0. The van der Waals surface area contributed by atoms with Crippen molar-refractivity contribution in [1.29, 1.82) is 0 Å². The smallest absolute Gasteiger partial charge is 0.330 e. The summed E-state index contributed by atoms with van der Waals surface area (Å²) in [6.07, 6.45) is 1.17. The van der Waals surface area contributed by atoms with Crippen molar-refractivity contribution in [2.45, 2.75) is 30.7 Å². The number of fused-ring (bicyclic) bond motifs is 2. The van der Waals surface area contributed by atoms with Gasteiger partial charge in [-0.05, 0) is 25.5 Å². The van der Waals surface area contributed by atoms with E-state index in [-0.39, 0.29) is 17.6 Å². The minimum Gasteiger partial charge on any atom is -0.454 e. The van der Waals surface area contributed by atoms with Gasteiger partial charge in [0.1, 0.15) is 6.04 Å². The Labute approximate surface area is 154 Å². The van der Waals surface area contributed by atoms with E-state index in [2.05, 4.69) is 5.32 Å². The molecule has 1 N–H and O–H groups in total. The van der Waals surface area contributed by atoms with Gasteiger partial charge in [0.05, 0.1) is 4.87 Å². The zero-order valence-corrected chi connectivity index (χ0v) is 15.0. The summed E-state index contributed by atoms with van der Waals surface area (Å²) in [7, 11) is 0. The van der Waals surface area contributed by atoms with Crippen LogP contribution in [0.2, 0.25) is 0 Å². The largest absolute Gasteiger partial charge is 0.454 e. The molecular weight excluding hydrogens is 360 g/mol. The molecule has 0 bridgehead atoms. The van der Waals surface area contributed by atoms with E-state index in [0.717, 1.165) is 6.42 Å². The van der Waals surface area contributed by atoms with Gasteiger partial charge >= 0.3 is 5.97 Å². The molecule has 9 heteroatoms. The van der Waals surface area contributed by atoms with E-state index in [1.54, 1.807) is 34.9 Å². The number of esters is 1. The van der Waals surface area contributed by atoms with Gasteiger partial charge in [0.2, 0.25) is 12.7 Å². The molecule has 0 aliphatic carbocycles. The number of hydrogen-bond donors (Lipinski definition) is 1. The fourth-order valence-electron chi connectivity index (χ4n) is 3.40. The monoisotopic (exact) mass is 378 g/mol. The van der Waals surface area contributed by atoms with Crippen molar-refractivity contribution in [2.24, 2.45) is 0 Å². The van der Waals surface area contributed by atoms with Crippen molar-refractivity contribution in [3.05, 3.63) is 18.2 Å². The summed E-state index contributed by atoms with van der Waals surface area (Å²) in [6, 6.07) is 4.39. The van der Waals surface area contributed by atoms with Crippen LogP contribution in [0.3, 0.4) is 0 Å². The molecule has 0 saturated carbocycles. The van der Waals surface area contributed by atoms with Crippen LogP contribution in [0.1, 0.15) is 19.8 Å². The fraction of sp³-hybridized carbons (Fsp3) is 0.471. The quantitative estimate of drug-likeness (QED) is 0.791. The molecule has 2 amide bonds. The van der Waals surface area contributed by atoms with Crippen LogP contribution in [0.15, 0.2) is 18.2 Å². The molecule has 3 heterocycles. The van der Waals surface area contributed by atoms with Crippen LogP contribution >= 0.6 is 11.8 Å². The maximum absolute atomic E-state index is 12.3. The van der Waals surface area contributed by atoms with Crippen LogP contribution in [-0.4, -0.2) is 52.7 Å². The number of benzene rings is 1. The lowest BCUT2D eigenvalue weighted by molar-refractivity contribution is -0.155. The molecule has 3 aliphatic heterocycles. The summed E-state index contributed by atoms with van der Waals surface area (Å²) in [5.41, 5.74) is 0.522. The fourth-order valence-corrected chi connectivity index (χ4v) is 4.82. The van der Waals surface area contributed by atoms with Crippen molar-refractivity contribution in [1.82, 2.24) is 4.90 Å². The normalized spacial score (nSPS) is 26.0. The highest BCUT2D eigenvalue weighted by Crippen LogP contribution is 2.47. The Morgan fingerprint density at radius 3 is 3.04 bits per heavy atom. The zero-order chi connectivity index (χ0) is 18.3. The second-order valence-corrected chi connectivity index (χ2v) is 7.99. The van der Waals surface area contributed by atoms with E-state index in [9.17, 15) is 14.4 Å². The number of carbonyl (C=O) groups is 3. The minimum atomic E-state index is -0.627. The lowest BCUT2D eigenvalue weighted by Gasteiger charge is -2.29. The van der Waals surface area contributed by atoms with E-state index < -0.39 is 24.5 Å². The molecular formula is C17H18N2O6S. The van der Waals surface area contributed by atoms with E-state index in [4.69, 9.17) is 14.2 Å². The maximum atomic E-state index is 12.3. The Kier molecular flexibility index (Phi) is 4.18. The molecule has 2 fully saturated rings. The van der Waals surface area contributed by atoms with Crippen LogP contribution in [0.4, 0.5) is 5.69 Å². The Balaban J connectivity index is 1.32. The third-order valence-electron chi connectivity index (χ3n) is 4.72. The van der Waals surface area contributed by atoms with Gasteiger partial charge in [-0.1, -0.05) is 0 Å². The van der Waals surface area contributed by atoms with E-state index in [1.165, 1.54) is 0 Å². The minimum absolute atomic E-state index is 0.0377. The number of anilines is 1. The summed E-state index contributed by atoms with van der Waals surface area (Å²) in [5, 5.41) is 2.64. The van der Waals surface area contributed by atoms with Crippen LogP contribution in [0.5, 0.6) is 11.5 Å². The number of ether oxygens (including phenoxy) is 3. The number of thioether (sulfide) groups is 1. The molecule has 2 saturated heterocycles. The predicted octanol–water partition coefficient (Wildman–Crippen LogP) is 1.35. The highest BCUT2D eigenvalue weighted by Gasteiger charge is 2.53. The summed E-state index contributed by atoms with van der Waals surface area (Å²) in [5.74, 6) is 0.617. The molecule has 0 spiro atoms. The topological polar surface area (TPSA) is 94.2 Å². The van der Waals surface area contributed by atoms with Crippen LogP contribution in [-0.2, 0) is 19.1 Å². The van der Waals surface area contributed by atoms with Gasteiger partial charge in [-0.15, -0.1) is 11.8 Å². The molecule has 2 atom stereocenters. The van der Waals surface area contributed by atoms with Crippen molar-refractivity contribution in [3.8, 4) is 11.5 Å². The van der Waals surface area contributed by atoms with Crippen molar-refractivity contribution in [3.63, 3.8) is 0 Å². The summed E-state index contributed by atoms with van der Waals surface area (Å²) in [6.45, 7) is 1.70. The van der Waals surface area contributed by atoms with Gasteiger partial charge in [-0.25, -0.2) is 4.79 Å². The van der Waals surface area contributed by atoms with E-state index in [0.29, 0.717) is 29.4 Å². The average Bonchev–Trinajstić information content (AvgIpc) is 3.28. The first-order valence-electron chi connectivity index (χ1n) is 8.28. The van der Waals surface area contributed by atoms with Crippen LogP contribution in [0.25, 0.3) is 0 Å². The highest BCUT2D eigenvalue weighted by molar-refractivity contribution is 8.01. The van der Waals surface area contributed by atoms with Crippen molar-refractivity contribution < 1.29 is 28.6 Å². The van der Waals surface area contributed by atoms with Gasteiger partial charge in [0.25, 0.3) is 5.91 Å². The second-order valence-electron chi connectivity index (χ2n) is 6.49. The van der Waals surface area contributed by atoms with Gasteiger partial charge in [-0.3, -0.25) is 9.59 Å². The standard InChI is InChI=1S/C17H18N2O6S/c1-17-5-4-15(21)19(17)11(8-26-17)16(22)23-7-14(20)18-10-2-3-12-13(6-10)25-9-24-12/h2-3,6,11H,4-5,7-9H2,1H3,(H,18,20)/t11-,17-/m0/s1. The van der Waals surface area contributed by atoms with E-state index in [1.807, 2.05) is 6.92 Å². The van der Waals surface area contributed by atoms with Gasteiger partial charge in [0, 0.05) is 23.9 Å². The summed E-state index contributed by atoms with van der Waals surface area (Å²) >= 11 is 1.58. The molecule has 4 rings (SSSR count). The first-order chi connectivity index (χ1) is 12.5. The zero-order valence-electron chi connectivity index (χ0n) is 14.1. The summed E-state index contributed by atoms with van der Waals surface area (Å²) < 4.78 is 15.6. The SMILES string of the molecule is C[C@]12CCC(=O)N1[C@H](C(=O)OCC(=O)Nc1ccc3c(c1)OCO3)CS2. The van der Waals surface area contributed by atoms with Crippen molar-refractivity contribution >= 4 is 35.2 Å². The number of rotatable bonds is 4. The molecule has 26 heavy (non-hydrogen) atoms. The molecule has 0 aromatic heterocycles. The third-order valence-corrected chi connectivity index (χ3v) is 6.22. The Morgan fingerprint density at radius 1 is 1.38 bits per heavy atom. The van der Waals surface area contributed by atoms with E-state index >= 15 is 0 Å². The molecule has 8 nitrogen and oxygen atoms in total. The number of nitrogens with one attached hydrogen (secondary N) is 1. The number of nitrogens with zero attached hydrogens (tertiary/aromatic N) is 1. The highest BCUT2D eigenvalue weighted by atomic mass is 32.2. The predicted molar refractivity (Wildman–Crippen MR) is 92.9 cm³/mol. The molecule has 1 aromatic rings. The second kappa shape index (κ2) is 6.39. The van der Waals surface area contributed by atoms with Gasteiger partial charge in [0.15, 0.2) is 18.1 Å². The lowest BCUT2D eigenvalue weighted by Crippen LogP contribution is -2.47. The molecule has 3 aliphatic rings. The molecule has 0 radical (unpaired) electrons. The number of amides is 2. The number of carbonyl (C=O) groups excluding carboxylic acids is 3. The summed E-state index contributed by atoms with van der Waals surface area (Å²) in [4.78, 5) is 37.7. The molecule has 1 aromatic carbocycles. The Hall–Kier alpha value is -2.42. The molecule has 138 valence electrons. The number of hydrogen-bond acceptors (Lipinski definition) is 7. The van der Waals surface area contributed by atoms with Crippen LogP contribution < -0.4 is 14.8 Å².